The van der Waals surface area contributed by atoms with Crippen molar-refractivity contribution in [1.29, 1.82) is 0 Å². The summed E-state index contributed by atoms with van der Waals surface area (Å²) < 4.78 is 5.35. The molecule has 0 saturated heterocycles. The molecule has 4 aromatic rings. The molecule has 7 heteroatoms. The van der Waals surface area contributed by atoms with Gasteiger partial charge in [0.15, 0.2) is 11.5 Å². The van der Waals surface area contributed by atoms with Crippen molar-refractivity contribution >= 4 is 16.8 Å². The molecule has 0 aliphatic rings. The third-order valence-electron chi connectivity index (χ3n) is 4.39. The van der Waals surface area contributed by atoms with Crippen molar-refractivity contribution in [2.75, 3.05) is 6.61 Å². The fourth-order valence-electron chi connectivity index (χ4n) is 2.98. The first-order chi connectivity index (χ1) is 13.2. The van der Waals surface area contributed by atoms with E-state index in [2.05, 4.69) is 20.7 Å². The number of aromatic nitrogens is 3. The number of benzene rings is 2. The van der Waals surface area contributed by atoms with Gasteiger partial charge in [-0.25, -0.2) is 0 Å². The molecule has 0 fully saturated rings. The van der Waals surface area contributed by atoms with E-state index in [0.717, 1.165) is 22.0 Å². The highest BCUT2D eigenvalue weighted by molar-refractivity contribution is 5.93. The van der Waals surface area contributed by atoms with Gasteiger partial charge in [0.05, 0.1) is 17.8 Å². The van der Waals surface area contributed by atoms with Gasteiger partial charge < -0.3 is 14.9 Å². The van der Waals surface area contributed by atoms with Crippen LogP contribution in [-0.4, -0.2) is 33.0 Å². The summed E-state index contributed by atoms with van der Waals surface area (Å²) in [7, 11) is 0. The van der Waals surface area contributed by atoms with E-state index in [1.54, 1.807) is 12.3 Å². The number of rotatable bonds is 6. The fourth-order valence-corrected chi connectivity index (χ4v) is 2.98. The minimum atomic E-state index is -0.350. The van der Waals surface area contributed by atoms with Crippen LogP contribution in [0, 0.1) is 0 Å². The van der Waals surface area contributed by atoms with Crippen molar-refractivity contribution in [1.82, 2.24) is 20.7 Å². The van der Waals surface area contributed by atoms with E-state index in [-0.39, 0.29) is 24.2 Å². The van der Waals surface area contributed by atoms with Gasteiger partial charge in [-0.15, -0.1) is 0 Å². The number of hydrogen-bond donors (Lipinski definition) is 3. The molecule has 0 bridgehead atoms. The Balaban J connectivity index is 1.54. The van der Waals surface area contributed by atoms with Crippen LogP contribution in [0.3, 0.4) is 0 Å². The highest BCUT2D eigenvalue weighted by Crippen LogP contribution is 2.24. The molecular formula is C20H18N4O3. The van der Waals surface area contributed by atoms with Crippen LogP contribution in [0.15, 0.2) is 65.3 Å². The minimum absolute atomic E-state index is 0.0331. The highest BCUT2D eigenvalue weighted by atomic mass is 16.5. The van der Waals surface area contributed by atoms with Crippen LogP contribution in [-0.2, 0) is 0 Å². The number of amides is 1. The van der Waals surface area contributed by atoms with E-state index in [9.17, 15) is 9.90 Å². The zero-order chi connectivity index (χ0) is 18.6. The lowest BCUT2D eigenvalue weighted by Crippen LogP contribution is -2.29. The molecule has 2 aromatic heterocycles. The van der Waals surface area contributed by atoms with Crippen LogP contribution < -0.4 is 5.32 Å². The summed E-state index contributed by atoms with van der Waals surface area (Å²) in [6.07, 6.45) is 2.14. The normalized spacial score (nSPS) is 12.2. The van der Waals surface area contributed by atoms with Gasteiger partial charge in [-0.1, -0.05) is 35.5 Å². The number of aliphatic hydroxyl groups is 1. The molecule has 1 amide bonds. The molecule has 2 aromatic carbocycles. The predicted octanol–water partition coefficient (Wildman–Crippen LogP) is 3.07. The number of nitrogens with zero attached hydrogens (tertiary/aromatic N) is 2. The molecule has 0 spiro atoms. The van der Waals surface area contributed by atoms with Crippen LogP contribution >= 0.6 is 0 Å². The van der Waals surface area contributed by atoms with E-state index in [1.807, 2.05) is 48.5 Å². The molecule has 2 heterocycles. The molecule has 136 valence electrons. The van der Waals surface area contributed by atoms with Crippen LogP contribution in [0.4, 0.5) is 0 Å². The van der Waals surface area contributed by atoms with Gasteiger partial charge in [0.1, 0.15) is 0 Å². The number of H-pyrrole nitrogens is 1. The maximum Gasteiger partial charge on any atom is 0.273 e. The van der Waals surface area contributed by atoms with Crippen LogP contribution in [0.5, 0.6) is 0 Å². The van der Waals surface area contributed by atoms with Gasteiger partial charge in [0.2, 0.25) is 0 Å². The van der Waals surface area contributed by atoms with Crippen molar-refractivity contribution in [2.45, 2.75) is 12.5 Å². The average molecular weight is 362 g/mol. The first-order valence-electron chi connectivity index (χ1n) is 8.61. The molecule has 1 atom stereocenters. The summed E-state index contributed by atoms with van der Waals surface area (Å²) in [4.78, 5) is 12.6. The van der Waals surface area contributed by atoms with Crippen molar-refractivity contribution in [3.8, 4) is 11.3 Å². The Kier molecular flexibility index (Phi) is 4.67. The van der Waals surface area contributed by atoms with E-state index in [4.69, 9.17) is 4.52 Å². The molecule has 0 radical (unpaired) electrons. The smallest absolute Gasteiger partial charge is 0.273 e. The lowest BCUT2D eigenvalue weighted by atomic mass is 10.0. The highest BCUT2D eigenvalue weighted by Gasteiger charge is 2.19. The second-order valence-electron chi connectivity index (χ2n) is 6.20. The van der Waals surface area contributed by atoms with E-state index < -0.39 is 0 Å². The van der Waals surface area contributed by atoms with E-state index >= 15 is 0 Å². The third-order valence-corrected chi connectivity index (χ3v) is 4.39. The summed E-state index contributed by atoms with van der Waals surface area (Å²) >= 11 is 0. The lowest BCUT2D eigenvalue weighted by molar-refractivity contribution is 0.0921. The zero-order valence-electron chi connectivity index (χ0n) is 14.4. The summed E-state index contributed by atoms with van der Waals surface area (Å²) in [5.74, 6) is 0.151. The van der Waals surface area contributed by atoms with Gasteiger partial charge in [0.25, 0.3) is 5.91 Å². The van der Waals surface area contributed by atoms with Gasteiger partial charge in [-0.05, 0) is 30.2 Å². The van der Waals surface area contributed by atoms with Crippen molar-refractivity contribution < 1.29 is 14.4 Å². The number of fused-ring (bicyclic) bond motifs is 1. The van der Waals surface area contributed by atoms with Gasteiger partial charge in [-0.2, -0.15) is 5.10 Å². The molecule has 3 N–H and O–H groups in total. The second kappa shape index (κ2) is 7.43. The van der Waals surface area contributed by atoms with Crippen molar-refractivity contribution in [2.24, 2.45) is 0 Å². The largest absolute Gasteiger partial charge is 0.396 e. The summed E-state index contributed by atoms with van der Waals surface area (Å²) in [5.41, 5.74) is 2.85. The van der Waals surface area contributed by atoms with E-state index in [0.29, 0.717) is 12.2 Å². The molecule has 0 saturated carbocycles. The zero-order valence-corrected chi connectivity index (χ0v) is 14.4. The van der Waals surface area contributed by atoms with E-state index in [1.165, 1.54) is 0 Å². The monoisotopic (exact) mass is 362 g/mol. The predicted molar refractivity (Wildman–Crippen MR) is 99.9 cm³/mol. The minimum Gasteiger partial charge on any atom is -0.396 e. The number of hydrogen-bond acceptors (Lipinski definition) is 5. The van der Waals surface area contributed by atoms with Gasteiger partial charge >= 0.3 is 0 Å². The number of carbonyl (C=O) groups is 1. The first kappa shape index (κ1) is 17.0. The van der Waals surface area contributed by atoms with Gasteiger partial charge in [-0.3, -0.25) is 9.89 Å². The third kappa shape index (κ3) is 3.58. The Bertz CT molecular complexity index is 1060. The SMILES string of the molecule is O=C(NC(CCO)c1ccccc1)c1cc(-c2ccc3[nH]ncc3c2)on1. The quantitative estimate of drug-likeness (QED) is 0.489. The first-order valence-corrected chi connectivity index (χ1v) is 8.61. The van der Waals surface area contributed by atoms with Crippen LogP contribution in [0.25, 0.3) is 22.2 Å². The molecule has 0 aliphatic carbocycles. The maximum absolute atomic E-state index is 12.6. The summed E-state index contributed by atoms with van der Waals surface area (Å²) in [6.45, 7) is -0.0331. The summed E-state index contributed by atoms with van der Waals surface area (Å²) in [5, 5.41) is 23.9. The number of nitrogens with one attached hydrogen (secondary N) is 2. The number of aliphatic hydroxyl groups excluding tert-OH is 1. The summed E-state index contributed by atoms with van der Waals surface area (Å²) in [6, 6.07) is 16.5. The number of aromatic amines is 1. The maximum atomic E-state index is 12.6. The van der Waals surface area contributed by atoms with Crippen LogP contribution in [0.1, 0.15) is 28.5 Å². The molecule has 0 aliphatic heterocycles. The van der Waals surface area contributed by atoms with Crippen molar-refractivity contribution in [3.05, 3.63) is 72.1 Å². The molecular weight excluding hydrogens is 344 g/mol. The molecule has 1 unspecified atom stereocenters. The van der Waals surface area contributed by atoms with Crippen molar-refractivity contribution in [3.63, 3.8) is 0 Å². The Morgan fingerprint density at radius 1 is 1.19 bits per heavy atom. The fraction of sp³-hybridized carbons (Fsp3) is 0.150. The number of carbonyl (C=O) groups excluding carboxylic acids is 1. The second-order valence-corrected chi connectivity index (χ2v) is 6.20. The molecule has 7 nitrogen and oxygen atoms in total. The topological polar surface area (TPSA) is 104 Å². The Morgan fingerprint density at radius 3 is 2.85 bits per heavy atom. The lowest BCUT2D eigenvalue weighted by Gasteiger charge is -2.17. The Hall–Kier alpha value is -3.45. The molecule has 27 heavy (non-hydrogen) atoms. The standard InChI is InChI=1S/C20H18N4O3/c25-9-8-16(13-4-2-1-3-5-13)22-20(26)18-11-19(27-24-18)14-6-7-17-15(10-14)12-21-23-17/h1-7,10-12,16,25H,8-9H2,(H,21,23)(H,22,26). The van der Waals surface area contributed by atoms with Gasteiger partial charge in [0, 0.05) is 23.6 Å². The average Bonchev–Trinajstić information content (AvgIpc) is 3.37. The Labute approximate surface area is 155 Å². The van der Waals surface area contributed by atoms with Crippen LogP contribution in [0.2, 0.25) is 0 Å². The molecule has 4 rings (SSSR count). The Morgan fingerprint density at radius 2 is 2.04 bits per heavy atom.